The van der Waals surface area contributed by atoms with Crippen LogP contribution < -0.4 is 4.74 Å². The molecule has 0 aliphatic carbocycles. The molecule has 2 aromatic rings. The number of hydrogen-bond donors (Lipinski definition) is 0. The van der Waals surface area contributed by atoms with Crippen molar-refractivity contribution in [1.82, 2.24) is 0 Å². The Labute approximate surface area is 145 Å². The van der Waals surface area contributed by atoms with Crippen LogP contribution in [-0.4, -0.2) is 6.61 Å². The van der Waals surface area contributed by atoms with Gasteiger partial charge in [0.2, 0.25) is 0 Å². The highest BCUT2D eigenvalue weighted by Gasteiger charge is 2.16. The molecule has 0 aliphatic heterocycles. The second-order valence-electron chi connectivity index (χ2n) is 4.51. The molecule has 0 spiro atoms. The van der Waals surface area contributed by atoms with Gasteiger partial charge in [0.15, 0.2) is 0 Å². The fraction of sp³-hybridized carbons (Fsp3) is 0.333. The van der Waals surface area contributed by atoms with Gasteiger partial charge in [-0.2, -0.15) is 0 Å². The van der Waals surface area contributed by atoms with Gasteiger partial charge in [-0.05, 0) is 74.5 Å². The van der Waals surface area contributed by atoms with Crippen molar-refractivity contribution in [2.45, 2.75) is 25.6 Å². The topological polar surface area (TPSA) is 9.23 Å². The fourth-order valence-corrected chi connectivity index (χ4v) is 4.20. The van der Waals surface area contributed by atoms with Gasteiger partial charge >= 0.3 is 0 Å². The van der Waals surface area contributed by atoms with Crippen LogP contribution in [0.15, 0.2) is 32.5 Å². The van der Waals surface area contributed by atoms with Gasteiger partial charge in [0.1, 0.15) is 5.75 Å². The molecule has 1 heterocycles. The van der Waals surface area contributed by atoms with E-state index in [9.17, 15) is 0 Å². The first-order chi connectivity index (χ1) is 9.52. The molecule has 5 heteroatoms. The van der Waals surface area contributed by atoms with Crippen molar-refractivity contribution in [3.63, 3.8) is 0 Å². The lowest BCUT2D eigenvalue weighted by Gasteiger charge is -2.12. The van der Waals surface area contributed by atoms with Crippen molar-refractivity contribution >= 4 is 54.8 Å². The maximum Gasteiger partial charge on any atom is 0.133 e. The summed E-state index contributed by atoms with van der Waals surface area (Å²) in [6, 6.07) is 8.16. The summed E-state index contributed by atoms with van der Waals surface area (Å²) in [5.41, 5.74) is 2.29. The maximum absolute atomic E-state index is 6.57. The van der Waals surface area contributed by atoms with Gasteiger partial charge in [-0.3, -0.25) is 0 Å². The number of halogens is 3. The minimum atomic E-state index is -0.137. The van der Waals surface area contributed by atoms with Crippen molar-refractivity contribution in [2.24, 2.45) is 0 Å². The minimum Gasteiger partial charge on any atom is -0.492 e. The smallest absolute Gasteiger partial charge is 0.133 e. The van der Waals surface area contributed by atoms with E-state index in [-0.39, 0.29) is 5.38 Å². The predicted molar refractivity (Wildman–Crippen MR) is 94.4 cm³/mol. The lowest BCUT2D eigenvalue weighted by molar-refractivity contribution is 0.315. The van der Waals surface area contributed by atoms with E-state index in [1.54, 1.807) is 11.3 Å². The van der Waals surface area contributed by atoms with Crippen LogP contribution in [0.2, 0.25) is 0 Å². The van der Waals surface area contributed by atoms with Crippen LogP contribution in [0.3, 0.4) is 0 Å². The Morgan fingerprint density at radius 3 is 2.60 bits per heavy atom. The fourth-order valence-electron chi connectivity index (χ4n) is 1.78. The van der Waals surface area contributed by atoms with Gasteiger partial charge in [-0.25, -0.2) is 0 Å². The molecule has 0 aliphatic rings. The van der Waals surface area contributed by atoms with E-state index in [0.29, 0.717) is 0 Å². The highest BCUT2D eigenvalue weighted by molar-refractivity contribution is 9.11. The lowest BCUT2D eigenvalue weighted by Crippen LogP contribution is -1.97. The van der Waals surface area contributed by atoms with Gasteiger partial charge in [-0.15, -0.1) is 22.9 Å². The average Bonchev–Trinajstić information content (AvgIpc) is 2.76. The van der Waals surface area contributed by atoms with E-state index in [1.165, 1.54) is 5.56 Å². The van der Waals surface area contributed by atoms with Crippen LogP contribution in [0.4, 0.5) is 0 Å². The molecule has 0 saturated carbocycles. The zero-order valence-corrected chi connectivity index (χ0v) is 16.0. The molecular formula is C15H15Br2ClOS. The van der Waals surface area contributed by atoms with E-state index in [0.717, 1.165) is 37.5 Å². The van der Waals surface area contributed by atoms with Gasteiger partial charge in [0.05, 0.1) is 20.2 Å². The maximum atomic E-state index is 6.57. The number of alkyl halides is 1. The highest BCUT2D eigenvalue weighted by Crippen LogP contribution is 2.39. The molecular weight excluding hydrogens is 423 g/mol. The molecule has 20 heavy (non-hydrogen) atoms. The molecule has 0 saturated heterocycles. The minimum absolute atomic E-state index is 0.137. The normalized spacial score (nSPS) is 12.4. The van der Waals surface area contributed by atoms with E-state index in [4.69, 9.17) is 16.3 Å². The first kappa shape index (κ1) is 16.3. The monoisotopic (exact) mass is 436 g/mol. The Morgan fingerprint density at radius 1 is 1.30 bits per heavy atom. The number of rotatable bonds is 5. The van der Waals surface area contributed by atoms with Crippen LogP contribution in [0.1, 0.15) is 34.7 Å². The summed E-state index contributed by atoms with van der Waals surface area (Å²) in [6.07, 6.45) is 0.995. The van der Waals surface area contributed by atoms with Crippen molar-refractivity contribution in [1.29, 1.82) is 0 Å². The molecule has 1 aromatic heterocycles. The Kier molecular flexibility index (Phi) is 5.96. The summed E-state index contributed by atoms with van der Waals surface area (Å²) < 4.78 is 7.74. The van der Waals surface area contributed by atoms with Crippen molar-refractivity contribution < 1.29 is 4.74 Å². The van der Waals surface area contributed by atoms with Gasteiger partial charge < -0.3 is 4.74 Å². The molecule has 0 amide bonds. The van der Waals surface area contributed by atoms with Gasteiger partial charge in [0.25, 0.3) is 0 Å². The standard InChI is InChI=1S/C15H15Br2ClOS/c1-3-6-19-12-5-4-10(8-11(12)16)14(18)13-7-9(2)15(17)20-13/h4-5,7-8,14H,3,6H2,1-2H3. The second-order valence-corrected chi connectivity index (χ2v) is 8.20. The molecule has 2 rings (SSSR count). The van der Waals surface area contributed by atoms with E-state index >= 15 is 0 Å². The second kappa shape index (κ2) is 7.30. The summed E-state index contributed by atoms with van der Waals surface area (Å²) in [5, 5.41) is -0.137. The molecule has 108 valence electrons. The van der Waals surface area contributed by atoms with E-state index in [1.807, 2.05) is 18.2 Å². The summed E-state index contributed by atoms with van der Waals surface area (Å²) in [4.78, 5) is 1.14. The van der Waals surface area contributed by atoms with Crippen LogP contribution >= 0.6 is 54.8 Å². The quantitative estimate of drug-likeness (QED) is 0.472. The molecule has 1 atom stereocenters. The largest absolute Gasteiger partial charge is 0.492 e. The third-order valence-corrected chi connectivity index (χ3v) is 6.27. The van der Waals surface area contributed by atoms with E-state index < -0.39 is 0 Å². The summed E-state index contributed by atoms with van der Waals surface area (Å²) in [7, 11) is 0. The summed E-state index contributed by atoms with van der Waals surface area (Å²) >= 11 is 15.3. The molecule has 0 fully saturated rings. The first-order valence-corrected chi connectivity index (χ1v) is 9.19. The van der Waals surface area contributed by atoms with Crippen molar-refractivity contribution in [2.75, 3.05) is 6.61 Å². The Morgan fingerprint density at radius 2 is 2.05 bits per heavy atom. The third-order valence-electron chi connectivity index (χ3n) is 2.84. The van der Waals surface area contributed by atoms with Crippen LogP contribution in [0.5, 0.6) is 5.75 Å². The number of ether oxygens (including phenoxy) is 1. The average molecular weight is 439 g/mol. The molecule has 0 N–H and O–H groups in total. The van der Waals surface area contributed by atoms with Crippen LogP contribution in [0.25, 0.3) is 0 Å². The molecule has 0 radical (unpaired) electrons. The zero-order valence-electron chi connectivity index (χ0n) is 11.3. The Balaban J connectivity index is 2.22. The third kappa shape index (κ3) is 3.79. The van der Waals surface area contributed by atoms with Crippen LogP contribution in [-0.2, 0) is 0 Å². The predicted octanol–water partition coefficient (Wildman–Crippen LogP) is 6.70. The molecule has 1 unspecified atom stereocenters. The van der Waals surface area contributed by atoms with Crippen molar-refractivity contribution in [3.05, 3.63) is 48.5 Å². The number of thiophene rings is 1. The number of benzene rings is 1. The molecule has 1 aromatic carbocycles. The SMILES string of the molecule is CCCOc1ccc(C(Cl)c2cc(C)c(Br)s2)cc1Br. The lowest BCUT2D eigenvalue weighted by atomic mass is 10.1. The molecule has 1 nitrogen and oxygen atoms in total. The Bertz CT molecular complexity index is 578. The number of hydrogen-bond acceptors (Lipinski definition) is 2. The van der Waals surface area contributed by atoms with Gasteiger partial charge in [0, 0.05) is 4.88 Å². The van der Waals surface area contributed by atoms with Gasteiger partial charge in [-0.1, -0.05) is 13.0 Å². The van der Waals surface area contributed by atoms with Crippen LogP contribution in [0, 0.1) is 6.92 Å². The summed E-state index contributed by atoms with van der Waals surface area (Å²) in [5.74, 6) is 0.864. The Hall–Kier alpha value is -0.0300. The van der Waals surface area contributed by atoms with Crippen molar-refractivity contribution in [3.8, 4) is 5.75 Å². The zero-order chi connectivity index (χ0) is 14.7. The van der Waals surface area contributed by atoms with E-state index in [2.05, 4.69) is 51.8 Å². The first-order valence-electron chi connectivity index (χ1n) is 6.35. The molecule has 0 bridgehead atoms. The number of aryl methyl sites for hydroxylation is 1. The summed E-state index contributed by atoms with van der Waals surface area (Å²) in [6.45, 7) is 4.89. The highest BCUT2D eigenvalue weighted by atomic mass is 79.9.